The maximum Gasteiger partial charge on any atom is 0.344 e. The molecule has 0 aromatic heterocycles. The van der Waals surface area contributed by atoms with Gasteiger partial charge in [0, 0.05) is 10.7 Å². The fraction of sp³-hybridized carbons (Fsp3) is 0.133. The van der Waals surface area contributed by atoms with Crippen LogP contribution in [0, 0.1) is 0 Å². The third-order valence-electron chi connectivity index (χ3n) is 2.55. The first-order valence-corrected chi connectivity index (χ1v) is 6.40. The van der Waals surface area contributed by atoms with Gasteiger partial charge in [-0.15, -0.1) is 0 Å². The first-order chi connectivity index (χ1) is 9.63. The zero-order valence-electron chi connectivity index (χ0n) is 10.7. The molecule has 4 nitrogen and oxygen atoms in total. The van der Waals surface area contributed by atoms with Crippen molar-refractivity contribution < 1.29 is 14.3 Å². The lowest BCUT2D eigenvalue weighted by Crippen LogP contribution is -2.14. The minimum Gasteiger partial charge on any atom is -0.482 e. The van der Waals surface area contributed by atoms with Crippen molar-refractivity contribution in [1.29, 1.82) is 0 Å². The van der Waals surface area contributed by atoms with Crippen molar-refractivity contribution in [2.24, 2.45) is 0 Å². The average molecular weight is 292 g/mol. The summed E-state index contributed by atoms with van der Waals surface area (Å²) in [5.41, 5.74) is 7.06. The number of hydrogen-bond acceptors (Lipinski definition) is 4. The molecule has 20 heavy (non-hydrogen) atoms. The molecule has 2 aromatic carbocycles. The molecule has 0 saturated carbocycles. The van der Waals surface area contributed by atoms with E-state index in [0.717, 1.165) is 5.56 Å². The van der Waals surface area contributed by atoms with Gasteiger partial charge in [-0.25, -0.2) is 4.79 Å². The van der Waals surface area contributed by atoms with Crippen LogP contribution in [0.5, 0.6) is 5.75 Å². The highest BCUT2D eigenvalue weighted by atomic mass is 35.5. The van der Waals surface area contributed by atoms with Crippen molar-refractivity contribution in [2.75, 3.05) is 12.3 Å². The SMILES string of the molecule is Nc1ccc(OCC(=O)OCc2ccc(Cl)cc2)cc1. The lowest BCUT2D eigenvalue weighted by Gasteiger charge is -2.07. The first-order valence-electron chi connectivity index (χ1n) is 6.02. The van der Waals surface area contributed by atoms with Gasteiger partial charge in [0.05, 0.1) is 0 Å². The molecule has 5 heteroatoms. The summed E-state index contributed by atoms with van der Waals surface area (Å²) in [6.45, 7) is 0.0542. The number of halogens is 1. The molecule has 0 amide bonds. The van der Waals surface area contributed by atoms with Crippen LogP contribution in [0.2, 0.25) is 5.02 Å². The quantitative estimate of drug-likeness (QED) is 0.679. The van der Waals surface area contributed by atoms with Crippen LogP contribution < -0.4 is 10.5 Å². The van der Waals surface area contributed by atoms with Crippen LogP contribution in [-0.4, -0.2) is 12.6 Å². The van der Waals surface area contributed by atoms with Crippen molar-refractivity contribution in [1.82, 2.24) is 0 Å². The fourth-order valence-corrected chi connectivity index (χ4v) is 1.62. The molecule has 0 heterocycles. The zero-order valence-corrected chi connectivity index (χ0v) is 11.5. The molecule has 0 radical (unpaired) electrons. The van der Waals surface area contributed by atoms with E-state index in [1.807, 2.05) is 0 Å². The molecule has 0 atom stereocenters. The normalized spacial score (nSPS) is 10.1. The van der Waals surface area contributed by atoms with Gasteiger partial charge >= 0.3 is 5.97 Å². The second-order valence-electron chi connectivity index (χ2n) is 4.14. The second-order valence-corrected chi connectivity index (χ2v) is 4.58. The summed E-state index contributed by atoms with van der Waals surface area (Å²) in [6, 6.07) is 13.9. The number of nitrogens with two attached hydrogens (primary N) is 1. The van der Waals surface area contributed by atoms with Crippen LogP contribution in [0.4, 0.5) is 5.69 Å². The Morgan fingerprint density at radius 2 is 1.70 bits per heavy atom. The van der Waals surface area contributed by atoms with Crippen LogP contribution in [-0.2, 0) is 16.1 Å². The third kappa shape index (κ3) is 4.48. The van der Waals surface area contributed by atoms with E-state index >= 15 is 0 Å². The Bertz CT molecular complexity index is 515. The fourth-order valence-electron chi connectivity index (χ4n) is 1.49. The van der Waals surface area contributed by atoms with Crippen LogP contribution in [0.15, 0.2) is 48.5 Å². The number of carbonyl (C=O) groups excluding carboxylic acids is 1. The van der Waals surface area contributed by atoms with Crippen LogP contribution >= 0.6 is 11.6 Å². The monoisotopic (exact) mass is 291 g/mol. The Hall–Kier alpha value is -2.20. The number of hydrogen-bond donors (Lipinski definition) is 1. The van der Waals surface area contributed by atoms with Crippen LogP contribution in [0.3, 0.4) is 0 Å². The number of esters is 1. The number of carbonyl (C=O) groups is 1. The number of ether oxygens (including phenoxy) is 2. The van der Waals surface area contributed by atoms with E-state index in [-0.39, 0.29) is 13.2 Å². The van der Waals surface area contributed by atoms with E-state index in [1.165, 1.54) is 0 Å². The summed E-state index contributed by atoms with van der Waals surface area (Å²) < 4.78 is 10.4. The van der Waals surface area contributed by atoms with Crippen molar-refractivity contribution in [2.45, 2.75) is 6.61 Å². The van der Waals surface area contributed by atoms with Gasteiger partial charge in [0.1, 0.15) is 12.4 Å². The zero-order chi connectivity index (χ0) is 14.4. The highest BCUT2D eigenvalue weighted by Crippen LogP contribution is 2.13. The summed E-state index contributed by atoms with van der Waals surface area (Å²) >= 11 is 5.77. The summed E-state index contributed by atoms with van der Waals surface area (Å²) in [5, 5.41) is 0.645. The molecule has 2 rings (SSSR count). The average Bonchev–Trinajstić information content (AvgIpc) is 2.46. The Kier molecular flexibility index (Phi) is 4.85. The van der Waals surface area contributed by atoms with Gasteiger partial charge in [-0.2, -0.15) is 0 Å². The summed E-state index contributed by atoms with van der Waals surface area (Å²) in [5.74, 6) is 0.138. The maximum atomic E-state index is 11.5. The molecule has 2 N–H and O–H groups in total. The van der Waals surface area contributed by atoms with Crippen molar-refractivity contribution in [3.63, 3.8) is 0 Å². The molecule has 2 aromatic rings. The van der Waals surface area contributed by atoms with Crippen molar-refractivity contribution in [3.05, 3.63) is 59.1 Å². The Balaban J connectivity index is 1.75. The van der Waals surface area contributed by atoms with E-state index < -0.39 is 5.97 Å². The van der Waals surface area contributed by atoms with E-state index in [0.29, 0.717) is 16.5 Å². The Morgan fingerprint density at radius 3 is 2.35 bits per heavy atom. The van der Waals surface area contributed by atoms with E-state index in [2.05, 4.69) is 0 Å². The van der Waals surface area contributed by atoms with E-state index in [4.69, 9.17) is 26.8 Å². The molecule has 0 unspecified atom stereocenters. The lowest BCUT2D eigenvalue weighted by molar-refractivity contribution is -0.147. The lowest BCUT2D eigenvalue weighted by atomic mass is 10.2. The molecule has 0 aliphatic carbocycles. The van der Waals surface area contributed by atoms with Gasteiger partial charge in [-0.05, 0) is 42.0 Å². The standard InChI is InChI=1S/C15H14ClNO3/c16-12-3-1-11(2-4-12)9-20-15(18)10-19-14-7-5-13(17)6-8-14/h1-8H,9-10,17H2. The first kappa shape index (κ1) is 14.2. The highest BCUT2D eigenvalue weighted by Gasteiger charge is 2.05. The topological polar surface area (TPSA) is 61.5 Å². The predicted octanol–water partition coefficient (Wildman–Crippen LogP) is 3.04. The third-order valence-corrected chi connectivity index (χ3v) is 2.80. The summed E-state index contributed by atoms with van der Waals surface area (Å²) in [4.78, 5) is 11.5. The van der Waals surface area contributed by atoms with Gasteiger partial charge in [-0.1, -0.05) is 23.7 Å². The van der Waals surface area contributed by atoms with Gasteiger partial charge < -0.3 is 15.2 Å². The van der Waals surface area contributed by atoms with Gasteiger partial charge in [0.15, 0.2) is 6.61 Å². The minimum atomic E-state index is -0.434. The molecule has 0 bridgehead atoms. The molecular weight excluding hydrogens is 278 g/mol. The summed E-state index contributed by atoms with van der Waals surface area (Å²) in [6.07, 6.45) is 0. The van der Waals surface area contributed by atoms with E-state index in [9.17, 15) is 4.79 Å². The molecule has 0 saturated heterocycles. The molecular formula is C15H14ClNO3. The number of nitrogen functional groups attached to an aromatic ring is 1. The van der Waals surface area contributed by atoms with Gasteiger partial charge in [0.25, 0.3) is 0 Å². The van der Waals surface area contributed by atoms with Crippen LogP contribution in [0.1, 0.15) is 5.56 Å². The maximum absolute atomic E-state index is 11.5. The Labute approximate surface area is 122 Å². The molecule has 0 fully saturated rings. The van der Waals surface area contributed by atoms with Gasteiger partial charge in [-0.3, -0.25) is 0 Å². The van der Waals surface area contributed by atoms with Crippen molar-refractivity contribution in [3.8, 4) is 5.75 Å². The minimum absolute atomic E-state index is 0.141. The smallest absolute Gasteiger partial charge is 0.344 e. The van der Waals surface area contributed by atoms with Crippen LogP contribution in [0.25, 0.3) is 0 Å². The van der Waals surface area contributed by atoms with Gasteiger partial charge in [0.2, 0.25) is 0 Å². The largest absolute Gasteiger partial charge is 0.482 e. The predicted molar refractivity (Wildman–Crippen MR) is 77.6 cm³/mol. The number of anilines is 1. The van der Waals surface area contributed by atoms with E-state index in [1.54, 1.807) is 48.5 Å². The molecule has 0 aliphatic rings. The highest BCUT2D eigenvalue weighted by molar-refractivity contribution is 6.30. The molecule has 0 aliphatic heterocycles. The number of benzene rings is 2. The molecule has 104 valence electrons. The second kappa shape index (κ2) is 6.82. The summed E-state index contributed by atoms with van der Waals surface area (Å²) in [7, 11) is 0. The molecule has 0 spiro atoms. The number of rotatable bonds is 5. The Morgan fingerprint density at radius 1 is 1.05 bits per heavy atom. The van der Waals surface area contributed by atoms with Crippen molar-refractivity contribution >= 4 is 23.3 Å².